The molecule has 6 heteroatoms. The van der Waals surface area contributed by atoms with Gasteiger partial charge in [0.2, 0.25) is 5.91 Å². The molecule has 0 aliphatic heterocycles. The lowest BCUT2D eigenvalue weighted by molar-refractivity contribution is -0.121. The second kappa shape index (κ2) is 9.41. The maximum Gasteiger partial charge on any atom is 0.252 e. The van der Waals surface area contributed by atoms with E-state index in [0.717, 1.165) is 16.5 Å². The molecule has 1 atom stereocenters. The third-order valence-electron chi connectivity index (χ3n) is 4.82. The fourth-order valence-electron chi connectivity index (χ4n) is 3.29. The van der Waals surface area contributed by atoms with Crippen LogP contribution in [-0.4, -0.2) is 18.4 Å². The van der Waals surface area contributed by atoms with Crippen LogP contribution in [0.15, 0.2) is 81.9 Å². The van der Waals surface area contributed by atoms with Gasteiger partial charge in [0, 0.05) is 29.3 Å². The number of nitrogens with one attached hydrogen (secondary N) is 2. The van der Waals surface area contributed by atoms with Gasteiger partial charge in [0.05, 0.1) is 0 Å². The van der Waals surface area contributed by atoms with Crippen molar-refractivity contribution in [2.45, 2.75) is 18.9 Å². The van der Waals surface area contributed by atoms with Gasteiger partial charge >= 0.3 is 0 Å². The third kappa shape index (κ3) is 4.78. The maximum absolute atomic E-state index is 12.6. The van der Waals surface area contributed by atoms with Crippen LogP contribution in [0, 0.1) is 0 Å². The molecule has 30 heavy (non-hydrogen) atoms. The van der Waals surface area contributed by atoms with Crippen molar-refractivity contribution in [1.82, 2.24) is 10.6 Å². The summed E-state index contributed by atoms with van der Waals surface area (Å²) in [4.78, 5) is 24.6. The quantitative estimate of drug-likeness (QED) is 0.399. The first-order valence-electron chi connectivity index (χ1n) is 9.84. The van der Waals surface area contributed by atoms with E-state index in [1.54, 1.807) is 11.4 Å². The van der Waals surface area contributed by atoms with E-state index in [9.17, 15) is 9.59 Å². The van der Waals surface area contributed by atoms with Crippen LogP contribution < -0.4 is 10.6 Å². The van der Waals surface area contributed by atoms with Crippen molar-refractivity contribution in [2.24, 2.45) is 0 Å². The number of carbonyl (C=O) groups is 2. The number of carbonyl (C=O) groups excluding carboxylic acids is 2. The molecule has 4 rings (SSSR count). The molecule has 2 N–H and O–H groups in total. The molecule has 1 unspecified atom stereocenters. The first kappa shape index (κ1) is 19.9. The zero-order valence-corrected chi connectivity index (χ0v) is 17.2. The Morgan fingerprint density at radius 3 is 2.57 bits per heavy atom. The molecular weight excluding hydrogens is 396 g/mol. The minimum Gasteiger partial charge on any atom is -0.459 e. The Morgan fingerprint density at radius 1 is 1.00 bits per heavy atom. The van der Waals surface area contributed by atoms with Crippen LogP contribution in [0.2, 0.25) is 0 Å². The monoisotopic (exact) mass is 418 g/mol. The lowest BCUT2D eigenvalue weighted by atomic mass is 10.0. The van der Waals surface area contributed by atoms with Crippen molar-refractivity contribution < 1.29 is 14.0 Å². The second-order valence-electron chi connectivity index (χ2n) is 6.97. The van der Waals surface area contributed by atoms with Crippen molar-refractivity contribution in [3.63, 3.8) is 0 Å². The fourth-order valence-corrected chi connectivity index (χ4v) is 3.92. The normalized spacial score (nSPS) is 11.9. The Bertz CT molecular complexity index is 1090. The summed E-state index contributed by atoms with van der Waals surface area (Å²) in [7, 11) is 0. The Labute approximate surface area is 178 Å². The minimum atomic E-state index is -0.369. The first-order chi connectivity index (χ1) is 14.7. The van der Waals surface area contributed by atoms with E-state index in [1.807, 2.05) is 66.0 Å². The topological polar surface area (TPSA) is 71.3 Å². The van der Waals surface area contributed by atoms with Crippen LogP contribution in [0.1, 0.15) is 40.6 Å². The lowest BCUT2D eigenvalue weighted by Gasteiger charge is -2.17. The second-order valence-corrected chi connectivity index (χ2v) is 7.75. The van der Waals surface area contributed by atoms with Gasteiger partial charge in [-0.2, -0.15) is 11.3 Å². The van der Waals surface area contributed by atoms with E-state index < -0.39 is 0 Å². The number of thiophene rings is 1. The zero-order valence-electron chi connectivity index (χ0n) is 16.3. The van der Waals surface area contributed by atoms with Gasteiger partial charge in [-0.3, -0.25) is 9.59 Å². The summed E-state index contributed by atoms with van der Waals surface area (Å²) in [6, 6.07) is 20.9. The number of rotatable bonds is 8. The highest BCUT2D eigenvalue weighted by atomic mass is 32.1. The molecule has 0 aliphatic carbocycles. The van der Waals surface area contributed by atoms with E-state index in [0.29, 0.717) is 30.7 Å². The smallest absolute Gasteiger partial charge is 0.252 e. The number of amides is 2. The standard InChI is InChI=1S/C24H22N2O3S/c27-22(11-6-13-25-24(28)19-12-14-30-16-19)26-23(17-7-2-1-3-8-17)21-15-18-9-4-5-10-20(18)29-21/h1-5,7-10,12,14-16,23H,6,11,13H2,(H,25,28)(H,26,27). The lowest BCUT2D eigenvalue weighted by Crippen LogP contribution is -2.30. The van der Waals surface area contributed by atoms with E-state index in [2.05, 4.69) is 10.6 Å². The Hall–Kier alpha value is -3.38. The highest BCUT2D eigenvalue weighted by Crippen LogP contribution is 2.28. The van der Waals surface area contributed by atoms with E-state index in [4.69, 9.17) is 4.42 Å². The summed E-state index contributed by atoms with van der Waals surface area (Å²) in [5, 5.41) is 10.6. The number of hydrogen-bond acceptors (Lipinski definition) is 4. The van der Waals surface area contributed by atoms with Gasteiger partial charge in [-0.15, -0.1) is 0 Å². The summed E-state index contributed by atoms with van der Waals surface area (Å²) in [5.74, 6) is 0.497. The van der Waals surface area contributed by atoms with Gasteiger partial charge in [0.25, 0.3) is 5.91 Å². The molecule has 0 radical (unpaired) electrons. The van der Waals surface area contributed by atoms with Crippen molar-refractivity contribution >= 4 is 34.1 Å². The highest BCUT2D eigenvalue weighted by Gasteiger charge is 2.20. The predicted octanol–water partition coefficient (Wildman–Crippen LogP) is 4.91. The average molecular weight is 419 g/mol. The third-order valence-corrected chi connectivity index (χ3v) is 5.50. The molecule has 0 aliphatic rings. The van der Waals surface area contributed by atoms with Crippen molar-refractivity contribution in [3.8, 4) is 0 Å². The van der Waals surface area contributed by atoms with E-state index in [1.165, 1.54) is 11.3 Å². The molecule has 0 spiro atoms. The summed E-state index contributed by atoms with van der Waals surface area (Å²) >= 11 is 1.48. The van der Waals surface area contributed by atoms with Crippen molar-refractivity contribution in [2.75, 3.05) is 6.54 Å². The van der Waals surface area contributed by atoms with Gasteiger partial charge in [0.15, 0.2) is 0 Å². The zero-order chi connectivity index (χ0) is 20.8. The van der Waals surface area contributed by atoms with E-state index >= 15 is 0 Å². The molecule has 2 amide bonds. The number of benzene rings is 2. The number of hydrogen-bond donors (Lipinski definition) is 2. The molecule has 0 saturated heterocycles. The van der Waals surface area contributed by atoms with Gasteiger partial charge in [-0.05, 0) is 35.6 Å². The largest absolute Gasteiger partial charge is 0.459 e. The van der Waals surface area contributed by atoms with E-state index in [-0.39, 0.29) is 17.9 Å². The molecular formula is C24H22N2O3S. The van der Waals surface area contributed by atoms with Crippen LogP contribution in [0.5, 0.6) is 0 Å². The molecule has 0 bridgehead atoms. The molecule has 2 aromatic heterocycles. The van der Waals surface area contributed by atoms with Crippen molar-refractivity contribution in [3.05, 3.63) is 94.4 Å². The van der Waals surface area contributed by atoms with Crippen LogP contribution in [0.25, 0.3) is 11.0 Å². The van der Waals surface area contributed by atoms with Crippen LogP contribution in [-0.2, 0) is 4.79 Å². The van der Waals surface area contributed by atoms with Gasteiger partial charge in [-0.25, -0.2) is 0 Å². The summed E-state index contributed by atoms with van der Waals surface area (Å²) in [6.07, 6.45) is 0.872. The molecule has 0 fully saturated rings. The molecule has 5 nitrogen and oxygen atoms in total. The SMILES string of the molecule is O=C(CCCNC(=O)c1ccsc1)NC(c1ccccc1)c1cc2ccccc2o1. The number of fused-ring (bicyclic) bond motifs is 1. The minimum absolute atomic E-state index is 0.0888. The first-order valence-corrected chi connectivity index (χ1v) is 10.8. The molecule has 152 valence electrons. The van der Waals surface area contributed by atoms with Crippen LogP contribution >= 0.6 is 11.3 Å². The number of furan rings is 1. The Kier molecular flexibility index (Phi) is 6.25. The highest BCUT2D eigenvalue weighted by molar-refractivity contribution is 7.08. The number of para-hydroxylation sites is 1. The van der Waals surface area contributed by atoms with Crippen LogP contribution in [0.3, 0.4) is 0 Å². The summed E-state index contributed by atoms with van der Waals surface area (Å²) < 4.78 is 6.01. The van der Waals surface area contributed by atoms with Crippen LogP contribution in [0.4, 0.5) is 0 Å². The molecule has 2 aromatic carbocycles. The summed E-state index contributed by atoms with van der Waals surface area (Å²) in [5.41, 5.74) is 2.40. The Morgan fingerprint density at radius 2 is 1.80 bits per heavy atom. The summed E-state index contributed by atoms with van der Waals surface area (Å²) in [6.45, 7) is 0.447. The molecule has 0 saturated carbocycles. The Balaban J connectivity index is 1.39. The molecule has 4 aromatic rings. The predicted molar refractivity (Wildman–Crippen MR) is 119 cm³/mol. The fraction of sp³-hybridized carbons (Fsp3) is 0.167. The maximum atomic E-state index is 12.6. The van der Waals surface area contributed by atoms with Gasteiger partial charge < -0.3 is 15.1 Å². The van der Waals surface area contributed by atoms with Gasteiger partial charge in [-0.1, -0.05) is 48.5 Å². The molecule has 2 heterocycles. The van der Waals surface area contributed by atoms with Gasteiger partial charge in [0.1, 0.15) is 17.4 Å². The average Bonchev–Trinajstić information content (AvgIpc) is 3.45. The van der Waals surface area contributed by atoms with Crippen molar-refractivity contribution in [1.29, 1.82) is 0 Å².